The smallest absolute Gasteiger partial charge is 0.321 e. The van der Waals surface area contributed by atoms with E-state index in [1.54, 1.807) is 18.5 Å². The maximum atomic E-state index is 12.3. The van der Waals surface area contributed by atoms with Crippen LogP contribution in [-0.4, -0.2) is 64.0 Å². The van der Waals surface area contributed by atoms with Gasteiger partial charge in [-0.2, -0.15) is 0 Å². The van der Waals surface area contributed by atoms with Crippen molar-refractivity contribution in [1.29, 1.82) is 0 Å². The molecule has 1 aliphatic rings. The normalized spacial score (nSPS) is 16.2. The van der Waals surface area contributed by atoms with Crippen LogP contribution in [0.5, 0.6) is 0 Å². The number of anilines is 1. The highest BCUT2D eigenvalue weighted by atomic mass is 35.5. The Morgan fingerprint density at radius 3 is 2.90 bits per heavy atom. The van der Waals surface area contributed by atoms with Crippen LogP contribution in [0.1, 0.15) is 17.0 Å². The number of likely N-dealkylation sites (tertiary alicyclic amines) is 1. The summed E-state index contributed by atoms with van der Waals surface area (Å²) >= 11 is 8.51. The molecular weight excluding hydrogens is 438 g/mol. The SMILES string of the molecule is CN(Cc1csc(NC(=O)NCc2ccc(Cl)s2)n1)C(=O)CN1C[C@@H](O)CC1=O. The summed E-state index contributed by atoms with van der Waals surface area (Å²) < 4.78 is 0.663. The van der Waals surface area contributed by atoms with Crippen molar-refractivity contribution < 1.29 is 19.5 Å². The second-order valence-electron chi connectivity index (χ2n) is 6.54. The summed E-state index contributed by atoms with van der Waals surface area (Å²) in [4.78, 5) is 44.0. The first-order valence-electron chi connectivity index (χ1n) is 8.73. The molecule has 3 rings (SSSR count). The number of aliphatic hydroxyl groups is 1. The fourth-order valence-electron chi connectivity index (χ4n) is 2.71. The van der Waals surface area contributed by atoms with Crippen LogP contribution in [0.15, 0.2) is 17.5 Å². The molecule has 0 unspecified atom stereocenters. The summed E-state index contributed by atoms with van der Waals surface area (Å²) in [5.41, 5.74) is 0.624. The molecule has 156 valence electrons. The molecule has 1 aliphatic heterocycles. The number of amides is 4. The molecule has 0 radical (unpaired) electrons. The third kappa shape index (κ3) is 6.13. The van der Waals surface area contributed by atoms with E-state index in [2.05, 4.69) is 15.6 Å². The fourth-order valence-corrected chi connectivity index (χ4v) is 4.44. The Bertz CT molecular complexity index is 902. The summed E-state index contributed by atoms with van der Waals surface area (Å²) in [6.45, 7) is 0.715. The van der Waals surface area contributed by atoms with Crippen LogP contribution in [0.3, 0.4) is 0 Å². The first-order chi connectivity index (χ1) is 13.8. The Balaban J connectivity index is 1.44. The zero-order valence-corrected chi connectivity index (χ0v) is 17.9. The van der Waals surface area contributed by atoms with Crippen molar-refractivity contribution in [2.45, 2.75) is 25.6 Å². The van der Waals surface area contributed by atoms with Crippen molar-refractivity contribution in [2.75, 3.05) is 25.5 Å². The predicted molar refractivity (Wildman–Crippen MR) is 111 cm³/mol. The zero-order valence-electron chi connectivity index (χ0n) is 15.6. The van der Waals surface area contributed by atoms with Crippen molar-refractivity contribution in [3.05, 3.63) is 32.4 Å². The van der Waals surface area contributed by atoms with E-state index in [-0.39, 0.29) is 43.9 Å². The molecule has 2 aromatic heterocycles. The molecule has 1 saturated heterocycles. The van der Waals surface area contributed by atoms with Crippen molar-refractivity contribution in [1.82, 2.24) is 20.1 Å². The van der Waals surface area contributed by atoms with E-state index in [0.29, 0.717) is 21.7 Å². The van der Waals surface area contributed by atoms with Crippen molar-refractivity contribution >= 4 is 57.3 Å². The summed E-state index contributed by atoms with van der Waals surface area (Å²) in [5.74, 6) is -0.475. The largest absolute Gasteiger partial charge is 0.391 e. The van der Waals surface area contributed by atoms with E-state index in [1.807, 2.05) is 6.07 Å². The number of hydrogen-bond donors (Lipinski definition) is 3. The number of aromatic nitrogens is 1. The van der Waals surface area contributed by atoms with E-state index < -0.39 is 6.10 Å². The number of hydrogen-bond acceptors (Lipinski definition) is 7. The number of carbonyl (C=O) groups excluding carboxylic acids is 3. The fraction of sp³-hybridized carbons (Fsp3) is 0.412. The summed E-state index contributed by atoms with van der Waals surface area (Å²) in [7, 11) is 1.62. The predicted octanol–water partition coefficient (Wildman–Crippen LogP) is 1.73. The van der Waals surface area contributed by atoms with Gasteiger partial charge in [0.1, 0.15) is 0 Å². The van der Waals surface area contributed by atoms with E-state index in [4.69, 9.17) is 11.6 Å². The van der Waals surface area contributed by atoms with Crippen LogP contribution >= 0.6 is 34.3 Å². The van der Waals surface area contributed by atoms with Gasteiger partial charge in [-0.1, -0.05) is 11.6 Å². The second-order valence-corrected chi connectivity index (χ2v) is 9.20. The van der Waals surface area contributed by atoms with Gasteiger partial charge in [-0.25, -0.2) is 9.78 Å². The van der Waals surface area contributed by atoms with Crippen LogP contribution in [0.4, 0.5) is 9.93 Å². The molecule has 0 bridgehead atoms. The number of nitrogens with zero attached hydrogens (tertiary/aromatic N) is 3. The third-order valence-electron chi connectivity index (χ3n) is 4.17. The lowest BCUT2D eigenvalue weighted by Gasteiger charge is -2.20. The molecule has 2 aromatic rings. The van der Waals surface area contributed by atoms with Crippen LogP contribution in [0.25, 0.3) is 0 Å². The molecule has 0 saturated carbocycles. The molecule has 0 aromatic carbocycles. The van der Waals surface area contributed by atoms with Crippen molar-refractivity contribution in [3.63, 3.8) is 0 Å². The van der Waals surface area contributed by atoms with Gasteiger partial charge in [-0.05, 0) is 12.1 Å². The van der Waals surface area contributed by atoms with Crippen LogP contribution < -0.4 is 10.6 Å². The van der Waals surface area contributed by atoms with Gasteiger partial charge < -0.3 is 20.2 Å². The van der Waals surface area contributed by atoms with Crippen LogP contribution in [-0.2, 0) is 22.7 Å². The Morgan fingerprint density at radius 2 is 2.24 bits per heavy atom. The molecule has 0 spiro atoms. The van der Waals surface area contributed by atoms with Gasteiger partial charge >= 0.3 is 6.03 Å². The molecule has 12 heteroatoms. The van der Waals surface area contributed by atoms with E-state index in [1.165, 1.54) is 32.5 Å². The maximum Gasteiger partial charge on any atom is 0.321 e. The average Bonchev–Trinajstić information content (AvgIpc) is 3.35. The van der Waals surface area contributed by atoms with Gasteiger partial charge in [0.25, 0.3) is 0 Å². The molecule has 3 N–H and O–H groups in total. The highest BCUT2D eigenvalue weighted by Gasteiger charge is 2.30. The Hall–Kier alpha value is -2.21. The highest BCUT2D eigenvalue weighted by Crippen LogP contribution is 2.21. The summed E-state index contributed by atoms with van der Waals surface area (Å²) in [5, 5.41) is 17.0. The molecular formula is C17H20ClN5O4S2. The lowest BCUT2D eigenvalue weighted by Crippen LogP contribution is -2.39. The molecule has 4 amide bonds. The lowest BCUT2D eigenvalue weighted by atomic mass is 10.3. The minimum Gasteiger partial charge on any atom is -0.391 e. The Morgan fingerprint density at radius 1 is 1.45 bits per heavy atom. The van der Waals surface area contributed by atoms with Gasteiger partial charge in [-0.3, -0.25) is 14.9 Å². The van der Waals surface area contributed by atoms with E-state index in [0.717, 1.165) is 4.88 Å². The van der Waals surface area contributed by atoms with Gasteiger partial charge in [-0.15, -0.1) is 22.7 Å². The molecule has 3 heterocycles. The first-order valence-corrected chi connectivity index (χ1v) is 10.8. The monoisotopic (exact) mass is 457 g/mol. The van der Waals surface area contributed by atoms with Gasteiger partial charge in [0.15, 0.2) is 5.13 Å². The Labute approximate surface area is 180 Å². The van der Waals surface area contributed by atoms with E-state index >= 15 is 0 Å². The zero-order chi connectivity index (χ0) is 21.0. The number of thiophene rings is 1. The van der Waals surface area contributed by atoms with Crippen LogP contribution in [0, 0.1) is 0 Å². The Kier molecular flexibility index (Phi) is 7.06. The topological polar surface area (TPSA) is 115 Å². The van der Waals surface area contributed by atoms with Crippen molar-refractivity contribution in [3.8, 4) is 0 Å². The van der Waals surface area contributed by atoms with Crippen LogP contribution in [0.2, 0.25) is 4.34 Å². The third-order valence-corrected chi connectivity index (χ3v) is 6.21. The number of rotatable bonds is 7. The number of thiazole rings is 1. The minimum absolute atomic E-state index is 0.0553. The van der Waals surface area contributed by atoms with Gasteiger partial charge in [0, 0.05) is 23.8 Å². The molecule has 29 heavy (non-hydrogen) atoms. The number of halogens is 1. The molecule has 0 aliphatic carbocycles. The average molecular weight is 458 g/mol. The minimum atomic E-state index is -0.712. The molecule has 1 fully saturated rings. The number of β-amino-alcohol motifs (C(OH)–C–C–N with tert-alkyl or cyclic N) is 1. The van der Waals surface area contributed by atoms with Gasteiger partial charge in [0.2, 0.25) is 11.8 Å². The standard InChI is InChI=1S/C17H20ClN5O4S2/c1-22(15(26)8-23-7-11(24)4-14(23)25)6-10-9-28-17(20-10)21-16(27)19-5-12-2-3-13(18)29-12/h2-3,9,11,24H,4-8H2,1H3,(H2,19,20,21,27)/t11-/m0/s1. The quantitative estimate of drug-likeness (QED) is 0.585. The van der Waals surface area contributed by atoms with Crippen molar-refractivity contribution in [2.24, 2.45) is 0 Å². The number of urea groups is 1. The maximum absolute atomic E-state index is 12.3. The highest BCUT2D eigenvalue weighted by molar-refractivity contribution is 7.16. The van der Waals surface area contributed by atoms with Gasteiger partial charge in [0.05, 0.1) is 42.2 Å². The number of carbonyl (C=O) groups is 3. The number of likely N-dealkylation sites (N-methyl/N-ethyl adjacent to an activating group) is 1. The first kappa shape index (κ1) is 21.5. The van der Waals surface area contributed by atoms with E-state index in [9.17, 15) is 19.5 Å². The lowest BCUT2D eigenvalue weighted by molar-refractivity contribution is -0.137. The number of aliphatic hydroxyl groups excluding tert-OH is 1. The second kappa shape index (κ2) is 9.53. The molecule has 1 atom stereocenters. The summed E-state index contributed by atoms with van der Waals surface area (Å²) in [6.07, 6.45) is -0.657. The summed E-state index contributed by atoms with van der Waals surface area (Å²) in [6, 6.07) is 3.23. The number of nitrogens with one attached hydrogen (secondary N) is 2. The molecule has 9 nitrogen and oxygen atoms in total.